The number of rotatable bonds is 6. The number of benzene rings is 2. The molecular formula is C17H20FN. The van der Waals surface area contributed by atoms with Crippen molar-refractivity contribution >= 4 is 5.69 Å². The second kappa shape index (κ2) is 6.93. The van der Waals surface area contributed by atoms with E-state index in [0.29, 0.717) is 5.69 Å². The van der Waals surface area contributed by atoms with Crippen molar-refractivity contribution in [2.45, 2.75) is 19.8 Å². The molecule has 2 rings (SSSR count). The zero-order valence-electron chi connectivity index (χ0n) is 11.3. The number of para-hydroxylation sites is 1. The lowest BCUT2D eigenvalue weighted by atomic mass is 10.1. The van der Waals surface area contributed by atoms with Crippen LogP contribution in [0.1, 0.15) is 18.9 Å². The summed E-state index contributed by atoms with van der Waals surface area (Å²) in [5, 5.41) is 0. The van der Waals surface area contributed by atoms with Crippen LogP contribution in [0.25, 0.3) is 0 Å². The van der Waals surface area contributed by atoms with E-state index in [-0.39, 0.29) is 5.82 Å². The van der Waals surface area contributed by atoms with Crippen molar-refractivity contribution in [1.82, 2.24) is 0 Å². The van der Waals surface area contributed by atoms with E-state index < -0.39 is 0 Å². The standard InChI is InChI=1S/C17H20FN/c1-2-13-19(17-11-7-6-10-16(17)18)14-12-15-8-4-3-5-9-15/h3-11H,2,12-14H2,1H3. The fourth-order valence-corrected chi connectivity index (χ4v) is 2.24. The minimum Gasteiger partial charge on any atom is -0.369 e. The summed E-state index contributed by atoms with van der Waals surface area (Å²) in [5.74, 6) is -0.135. The predicted molar refractivity (Wildman–Crippen MR) is 79.1 cm³/mol. The first-order valence-electron chi connectivity index (χ1n) is 6.84. The quantitative estimate of drug-likeness (QED) is 0.746. The molecule has 0 aliphatic heterocycles. The number of hydrogen-bond acceptors (Lipinski definition) is 1. The van der Waals surface area contributed by atoms with Crippen LogP contribution in [-0.2, 0) is 6.42 Å². The summed E-state index contributed by atoms with van der Waals surface area (Å²) in [6.45, 7) is 3.85. The molecule has 0 N–H and O–H groups in total. The molecule has 0 radical (unpaired) electrons. The molecule has 2 heteroatoms. The second-order valence-corrected chi connectivity index (χ2v) is 4.67. The molecule has 0 spiro atoms. The van der Waals surface area contributed by atoms with Crippen LogP contribution in [0.3, 0.4) is 0 Å². The fraction of sp³-hybridized carbons (Fsp3) is 0.294. The third kappa shape index (κ3) is 3.82. The smallest absolute Gasteiger partial charge is 0.146 e. The maximum atomic E-state index is 13.8. The van der Waals surface area contributed by atoms with Gasteiger partial charge in [0.25, 0.3) is 0 Å². The third-order valence-electron chi connectivity index (χ3n) is 3.20. The molecular weight excluding hydrogens is 237 g/mol. The molecule has 2 aromatic carbocycles. The van der Waals surface area contributed by atoms with E-state index >= 15 is 0 Å². The third-order valence-corrected chi connectivity index (χ3v) is 3.20. The molecule has 0 aliphatic rings. The van der Waals surface area contributed by atoms with Gasteiger partial charge in [0.15, 0.2) is 0 Å². The van der Waals surface area contributed by atoms with Gasteiger partial charge in [-0.25, -0.2) is 4.39 Å². The number of nitrogens with zero attached hydrogens (tertiary/aromatic N) is 1. The van der Waals surface area contributed by atoms with Crippen molar-refractivity contribution in [2.24, 2.45) is 0 Å². The molecule has 0 heterocycles. The number of hydrogen-bond donors (Lipinski definition) is 0. The highest BCUT2D eigenvalue weighted by Crippen LogP contribution is 2.19. The Morgan fingerprint density at radius 3 is 2.26 bits per heavy atom. The average molecular weight is 257 g/mol. The van der Waals surface area contributed by atoms with Crippen LogP contribution in [0.15, 0.2) is 54.6 Å². The van der Waals surface area contributed by atoms with E-state index in [1.54, 1.807) is 6.07 Å². The Hall–Kier alpha value is -1.83. The molecule has 1 nitrogen and oxygen atoms in total. The van der Waals surface area contributed by atoms with E-state index in [4.69, 9.17) is 0 Å². The van der Waals surface area contributed by atoms with E-state index in [0.717, 1.165) is 25.9 Å². The Bertz CT molecular complexity index is 496. The maximum Gasteiger partial charge on any atom is 0.146 e. The Balaban J connectivity index is 2.07. The molecule has 0 atom stereocenters. The normalized spacial score (nSPS) is 10.4. The van der Waals surface area contributed by atoms with Gasteiger partial charge in [-0.05, 0) is 30.5 Å². The Morgan fingerprint density at radius 2 is 1.58 bits per heavy atom. The van der Waals surface area contributed by atoms with Gasteiger partial charge in [0, 0.05) is 13.1 Å². The zero-order chi connectivity index (χ0) is 13.5. The minimum absolute atomic E-state index is 0.135. The summed E-state index contributed by atoms with van der Waals surface area (Å²) in [4.78, 5) is 2.13. The van der Waals surface area contributed by atoms with Gasteiger partial charge in [-0.3, -0.25) is 0 Å². The molecule has 0 saturated carbocycles. The van der Waals surface area contributed by atoms with E-state index in [1.807, 2.05) is 30.3 Å². The lowest BCUT2D eigenvalue weighted by Crippen LogP contribution is -2.27. The van der Waals surface area contributed by atoms with Crippen LogP contribution in [0, 0.1) is 5.82 Å². The van der Waals surface area contributed by atoms with Crippen molar-refractivity contribution < 1.29 is 4.39 Å². The lowest BCUT2D eigenvalue weighted by Gasteiger charge is -2.24. The van der Waals surface area contributed by atoms with Crippen molar-refractivity contribution in [2.75, 3.05) is 18.0 Å². The summed E-state index contributed by atoms with van der Waals surface area (Å²) in [6.07, 6.45) is 1.96. The largest absolute Gasteiger partial charge is 0.369 e. The topological polar surface area (TPSA) is 3.24 Å². The summed E-state index contributed by atoms with van der Waals surface area (Å²) in [5.41, 5.74) is 2.00. The first kappa shape index (κ1) is 13.6. The molecule has 100 valence electrons. The van der Waals surface area contributed by atoms with Gasteiger partial charge in [0.1, 0.15) is 5.82 Å². The molecule has 0 saturated heterocycles. The zero-order valence-corrected chi connectivity index (χ0v) is 11.3. The monoisotopic (exact) mass is 257 g/mol. The average Bonchev–Trinajstić information content (AvgIpc) is 2.45. The molecule has 0 bridgehead atoms. The van der Waals surface area contributed by atoms with Crippen molar-refractivity contribution in [3.05, 3.63) is 66.0 Å². The molecule has 2 aromatic rings. The van der Waals surface area contributed by atoms with Crippen LogP contribution in [0.2, 0.25) is 0 Å². The Kier molecular flexibility index (Phi) is 4.96. The second-order valence-electron chi connectivity index (χ2n) is 4.67. The number of halogens is 1. The Morgan fingerprint density at radius 1 is 0.895 bits per heavy atom. The first-order chi connectivity index (χ1) is 9.31. The molecule has 19 heavy (non-hydrogen) atoms. The highest BCUT2D eigenvalue weighted by atomic mass is 19.1. The van der Waals surface area contributed by atoms with Gasteiger partial charge in [0.2, 0.25) is 0 Å². The van der Waals surface area contributed by atoms with Crippen LogP contribution in [0.4, 0.5) is 10.1 Å². The van der Waals surface area contributed by atoms with E-state index in [1.165, 1.54) is 11.6 Å². The van der Waals surface area contributed by atoms with E-state index in [9.17, 15) is 4.39 Å². The van der Waals surface area contributed by atoms with Crippen LogP contribution < -0.4 is 4.90 Å². The molecule has 0 aromatic heterocycles. The van der Waals surface area contributed by atoms with Gasteiger partial charge in [-0.15, -0.1) is 0 Å². The minimum atomic E-state index is -0.135. The summed E-state index contributed by atoms with van der Waals surface area (Å²) >= 11 is 0. The van der Waals surface area contributed by atoms with Crippen molar-refractivity contribution in [3.63, 3.8) is 0 Å². The molecule has 0 fully saturated rings. The van der Waals surface area contributed by atoms with Crippen molar-refractivity contribution in [3.8, 4) is 0 Å². The highest BCUT2D eigenvalue weighted by Gasteiger charge is 2.09. The molecule has 0 unspecified atom stereocenters. The highest BCUT2D eigenvalue weighted by molar-refractivity contribution is 5.47. The summed E-state index contributed by atoms with van der Waals surface area (Å²) < 4.78 is 13.8. The van der Waals surface area contributed by atoms with Crippen LogP contribution in [-0.4, -0.2) is 13.1 Å². The van der Waals surface area contributed by atoms with Gasteiger partial charge in [-0.1, -0.05) is 49.4 Å². The van der Waals surface area contributed by atoms with Gasteiger partial charge in [-0.2, -0.15) is 0 Å². The lowest BCUT2D eigenvalue weighted by molar-refractivity contribution is 0.614. The predicted octanol–water partition coefficient (Wildman–Crippen LogP) is 4.28. The van der Waals surface area contributed by atoms with Gasteiger partial charge >= 0.3 is 0 Å². The summed E-state index contributed by atoms with van der Waals surface area (Å²) in [7, 11) is 0. The fourth-order valence-electron chi connectivity index (χ4n) is 2.24. The SMILES string of the molecule is CCCN(CCc1ccccc1)c1ccccc1F. The number of anilines is 1. The maximum absolute atomic E-state index is 13.8. The molecule has 0 amide bonds. The first-order valence-corrected chi connectivity index (χ1v) is 6.84. The van der Waals surface area contributed by atoms with Crippen molar-refractivity contribution in [1.29, 1.82) is 0 Å². The molecule has 0 aliphatic carbocycles. The van der Waals surface area contributed by atoms with Crippen LogP contribution in [0.5, 0.6) is 0 Å². The van der Waals surface area contributed by atoms with E-state index in [2.05, 4.69) is 24.0 Å². The Labute approximate surface area is 114 Å². The van der Waals surface area contributed by atoms with Crippen LogP contribution >= 0.6 is 0 Å². The van der Waals surface area contributed by atoms with Gasteiger partial charge < -0.3 is 4.90 Å². The summed E-state index contributed by atoms with van der Waals surface area (Å²) in [6, 6.07) is 17.4. The van der Waals surface area contributed by atoms with Gasteiger partial charge in [0.05, 0.1) is 5.69 Å².